The quantitative estimate of drug-likeness (QED) is 0.627. The van der Waals surface area contributed by atoms with E-state index in [0.29, 0.717) is 25.4 Å². The van der Waals surface area contributed by atoms with Crippen molar-refractivity contribution in [2.75, 3.05) is 13.1 Å². The number of nitrogens with one attached hydrogen (secondary N) is 2. The second-order valence-corrected chi connectivity index (χ2v) is 7.26. The minimum Gasteiger partial charge on any atom is -0.356 e. The normalized spacial score (nSPS) is 25.8. The van der Waals surface area contributed by atoms with Gasteiger partial charge in [-0.1, -0.05) is 19.3 Å². The van der Waals surface area contributed by atoms with Gasteiger partial charge in [-0.05, 0) is 57.4 Å². The Labute approximate surface area is 140 Å². The van der Waals surface area contributed by atoms with Crippen molar-refractivity contribution in [1.82, 2.24) is 10.6 Å². The van der Waals surface area contributed by atoms with Crippen LogP contribution in [0.15, 0.2) is 0 Å². The second kappa shape index (κ2) is 9.91. The maximum absolute atomic E-state index is 12.2. The van der Waals surface area contributed by atoms with Crippen LogP contribution < -0.4 is 16.4 Å². The van der Waals surface area contributed by atoms with Crippen LogP contribution in [0.2, 0.25) is 0 Å². The molecule has 5 heteroatoms. The Balaban J connectivity index is 1.62. The van der Waals surface area contributed by atoms with Crippen molar-refractivity contribution in [3.63, 3.8) is 0 Å². The van der Waals surface area contributed by atoms with Gasteiger partial charge in [0.2, 0.25) is 11.8 Å². The molecule has 2 fully saturated rings. The third-order valence-electron chi connectivity index (χ3n) is 5.34. The lowest BCUT2D eigenvalue weighted by Crippen LogP contribution is -2.41. The molecule has 0 saturated heterocycles. The average Bonchev–Trinajstić information content (AvgIpc) is 2.56. The van der Waals surface area contributed by atoms with E-state index in [9.17, 15) is 9.59 Å². The highest BCUT2D eigenvalue weighted by Crippen LogP contribution is 2.27. The van der Waals surface area contributed by atoms with Gasteiger partial charge in [-0.2, -0.15) is 0 Å². The number of hydrogen-bond acceptors (Lipinski definition) is 3. The van der Waals surface area contributed by atoms with Gasteiger partial charge in [0.05, 0.1) is 0 Å². The molecule has 0 aromatic rings. The van der Waals surface area contributed by atoms with E-state index in [2.05, 4.69) is 10.6 Å². The summed E-state index contributed by atoms with van der Waals surface area (Å²) < 4.78 is 0. The molecule has 0 heterocycles. The van der Waals surface area contributed by atoms with Gasteiger partial charge in [0.1, 0.15) is 0 Å². The molecule has 2 aliphatic rings. The summed E-state index contributed by atoms with van der Waals surface area (Å²) in [5.74, 6) is 1.07. The zero-order chi connectivity index (χ0) is 16.5. The fourth-order valence-corrected chi connectivity index (χ4v) is 3.90. The van der Waals surface area contributed by atoms with Gasteiger partial charge in [0.25, 0.3) is 0 Å². The van der Waals surface area contributed by atoms with Crippen molar-refractivity contribution >= 4 is 11.8 Å². The third-order valence-corrected chi connectivity index (χ3v) is 5.34. The lowest BCUT2D eigenvalue weighted by Gasteiger charge is -2.29. The van der Waals surface area contributed by atoms with E-state index in [0.717, 1.165) is 32.1 Å². The van der Waals surface area contributed by atoms with Gasteiger partial charge in [-0.25, -0.2) is 0 Å². The molecule has 0 spiro atoms. The topological polar surface area (TPSA) is 84.2 Å². The minimum absolute atomic E-state index is 0.110. The van der Waals surface area contributed by atoms with E-state index in [1.165, 1.54) is 32.1 Å². The predicted octanol–water partition coefficient (Wildman–Crippen LogP) is 2.10. The van der Waals surface area contributed by atoms with Crippen LogP contribution in [0, 0.1) is 11.8 Å². The number of amides is 2. The first kappa shape index (κ1) is 18.2. The van der Waals surface area contributed by atoms with Crippen molar-refractivity contribution < 1.29 is 9.59 Å². The van der Waals surface area contributed by atoms with Crippen LogP contribution in [0.5, 0.6) is 0 Å². The average molecular weight is 323 g/mol. The zero-order valence-corrected chi connectivity index (χ0v) is 14.3. The summed E-state index contributed by atoms with van der Waals surface area (Å²) in [4.78, 5) is 24.2. The summed E-state index contributed by atoms with van der Waals surface area (Å²) in [6.07, 6.45) is 11.4. The van der Waals surface area contributed by atoms with Crippen molar-refractivity contribution in [2.45, 2.75) is 76.7 Å². The van der Waals surface area contributed by atoms with Gasteiger partial charge in [0.15, 0.2) is 0 Å². The summed E-state index contributed by atoms with van der Waals surface area (Å²) in [5.41, 5.74) is 5.43. The minimum atomic E-state index is 0.110. The highest BCUT2D eigenvalue weighted by molar-refractivity contribution is 5.79. The Morgan fingerprint density at radius 2 is 1.65 bits per heavy atom. The van der Waals surface area contributed by atoms with Crippen LogP contribution in [0.4, 0.5) is 0 Å². The van der Waals surface area contributed by atoms with Gasteiger partial charge in [-0.3, -0.25) is 9.59 Å². The summed E-state index contributed by atoms with van der Waals surface area (Å²) in [6.45, 7) is 1.29. The van der Waals surface area contributed by atoms with Crippen LogP contribution in [0.3, 0.4) is 0 Å². The van der Waals surface area contributed by atoms with Crippen molar-refractivity contribution in [3.05, 3.63) is 0 Å². The summed E-state index contributed by atoms with van der Waals surface area (Å²) in [6, 6.07) is 0.263. The molecule has 0 radical (unpaired) electrons. The molecular formula is C18H33N3O2. The molecule has 132 valence electrons. The Morgan fingerprint density at radius 3 is 2.30 bits per heavy atom. The van der Waals surface area contributed by atoms with Crippen LogP contribution in [-0.4, -0.2) is 30.9 Å². The molecule has 2 saturated carbocycles. The van der Waals surface area contributed by atoms with E-state index in [1.807, 2.05) is 0 Å². The van der Waals surface area contributed by atoms with E-state index >= 15 is 0 Å². The number of rotatable bonds is 7. The van der Waals surface area contributed by atoms with Gasteiger partial charge >= 0.3 is 0 Å². The third kappa shape index (κ3) is 6.50. The molecule has 0 aliphatic heterocycles. The Bertz CT molecular complexity index is 372. The van der Waals surface area contributed by atoms with Crippen LogP contribution in [0.25, 0.3) is 0 Å². The SMILES string of the molecule is NCCCNC(=O)C1CCC(NC(=O)CC2CCCCC2)CC1. The maximum Gasteiger partial charge on any atom is 0.223 e. The molecular weight excluding hydrogens is 290 g/mol. The van der Waals surface area contributed by atoms with Gasteiger partial charge < -0.3 is 16.4 Å². The molecule has 5 nitrogen and oxygen atoms in total. The molecule has 0 unspecified atom stereocenters. The lowest BCUT2D eigenvalue weighted by atomic mass is 9.84. The van der Waals surface area contributed by atoms with Gasteiger partial charge in [0, 0.05) is 24.9 Å². The monoisotopic (exact) mass is 323 g/mol. The Kier molecular flexibility index (Phi) is 7.86. The van der Waals surface area contributed by atoms with E-state index < -0.39 is 0 Å². The number of hydrogen-bond donors (Lipinski definition) is 3. The predicted molar refractivity (Wildman–Crippen MR) is 91.8 cm³/mol. The second-order valence-electron chi connectivity index (χ2n) is 7.26. The Morgan fingerprint density at radius 1 is 0.957 bits per heavy atom. The molecule has 0 atom stereocenters. The summed E-state index contributed by atoms with van der Waals surface area (Å²) in [7, 11) is 0. The highest BCUT2D eigenvalue weighted by atomic mass is 16.2. The fourth-order valence-electron chi connectivity index (χ4n) is 3.90. The van der Waals surface area contributed by atoms with Gasteiger partial charge in [-0.15, -0.1) is 0 Å². The number of carbonyl (C=O) groups excluding carboxylic acids is 2. The fraction of sp³-hybridized carbons (Fsp3) is 0.889. The standard InChI is InChI=1S/C18H33N3O2/c19-11-4-12-20-18(23)15-7-9-16(10-8-15)21-17(22)13-14-5-2-1-3-6-14/h14-16H,1-13,19H2,(H,20,23)(H,21,22). The largest absolute Gasteiger partial charge is 0.356 e. The molecule has 0 aromatic heterocycles. The van der Waals surface area contributed by atoms with Crippen molar-refractivity contribution in [3.8, 4) is 0 Å². The molecule has 23 heavy (non-hydrogen) atoms. The Hall–Kier alpha value is -1.10. The van der Waals surface area contributed by atoms with Crippen LogP contribution >= 0.6 is 0 Å². The summed E-state index contributed by atoms with van der Waals surface area (Å²) >= 11 is 0. The van der Waals surface area contributed by atoms with Crippen LogP contribution in [-0.2, 0) is 9.59 Å². The maximum atomic E-state index is 12.2. The zero-order valence-electron chi connectivity index (χ0n) is 14.3. The molecule has 0 aromatic carbocycles. The van der Waals surface area contributed by atoms with E-state index in [1.54, 1.807) is 0 Å². The first-order chi connectivity index (χ1) is 11.2. The van der Waals surface area contributed by atoms with Crippen molar-refractivity contribution in [1.29, 1.82) is 0 Å². The molecule has 2 aliphatic carbocycles. The molecule has 0 bridgehead atoms. The first-order valence-corrected chi connectivity index (χ1v) is 9.46. The van der Waals surface area contributed by atoms with Crippen molar-refractivity contribution in [2.24, 2.45) is 17.6 Å². The smallest absolute Gasteiger partial charge is 0.223 e. The molecule has 4 N–H and O–H groups in total. The lowest BCUT2D eigenvalue weighted by molar-refractivity contribution is -0.126. The highest BCUT2D eigenvalue weighted by Gasteiger charge is 2.27. The molecule has 2 rings (SSSR count). The summed E-state index contributed by atoms with van der Waals surface area (Å²) in [5, 5.41) is 6.15. The van der Waals surface area contributed by atoms with E-state index in [-0.39, 0.29) is 23.8 Å². The molecule has 2 amide bonds. The number of carbonyl (C=O) groups is 2. The first-order valence-electron chi connectivity index (χ1n) is 9.46. The van der Waals surface area contributed by atoms with Crippen LogP contribution in [0.1, 0.15) is 70.6 Å². The van der Waals surface area contributed by atoms with E-state index in [4.69, 9.17) is 5.73 Å². The number of nitrogens with two attached hydrogens (primary N) is 1.